The van der Waals surface area contributed by atoms with Crippen LogP contribution in [0.2, 0.25) is 0 Å². The van der Waals surface area contributed by atoms with E-state index in [0.717, 1.165) is 38.6 Å². The Balaban J connectivity index is 2.02. The third-order valence-corrected chi connectivity index (χ3v) is 4.31. The molecule has 1 fully saturated rings. The summed E-state index contributed by atoms with van der Waals surface area (Å²) in [6.45, 7) is 9.54. The van der Waals surface area contributed by atoms with E-state index in [-0.39, 0.29) is 0 Å². The summed E-state index contributed by atoms with van der Waals surface area (Å²) in [6.07, 6.45) is 8.35. The third kappa shape index (κ3) is 7.91. The van der Waals surface area contributed by atoms with E-state index >= 15 is 0 Å². The van der Waals surface area contributed by atoms with E-state index < -0.39 is 0 Å². The van der Waals surface area contributed by atoms with Gasteiger partial charge in [-0.2, -0.15) is 0 Å². The maximum Gasteiger partial charge on any atom is 0.0477 e. The second-order valence-electron chi connectivity index (χ2n) is 6.05. The van der Waals surface area contributed by atoms with Crippen molar-refractivity contribution in [1.82, 2.24) is 10.2 Å². The van der Waals surface area contributed by atoms with Crippen LogP contribution in [0.15, 0.2) is 0 Å². The molecule has 114 valence electrons. The fraction of sp³-hybridized carbons (Fsp3) is 1.00. The van der Waals surface area contributed by atoms with Gasteiger partial charge in [0.05, 0.1) is 0 Å². The van der Waals surface area contributed by atoms with Crippen LogP contribution in [0, 0.1) is 5.92 Å². The molecule has 0 spiro atoms. The van der Waals surface area contributed by atoms with Gasteiger partial charge >= 0.3 is 0 Å². The molecule has 0 radical (unpaired) electrons. The van der Waals surface area contributed by atoms with Crippen LogP contribution in [0.5, 0.6) is 0 Å². The van der Waals surface area contributed by atoms with Gasteiger partial charge in [-0.05, 0) is 52.6 Å². The Morgan fingerprint density at radius 3 is 2.68 bits per heavy atom. The van der Waals surface area contributed by atoms with E-state index in [9.17, 15) is 0 Å². The Morgan fingerprint density at radius 2 is 2.00 bits per heavy atom. The van der Waals surface area contributed by atoms with Crippen LogP contribution in [-0.2, 0) is 4.74 Å². The van der Waals surface area contributed by atoms with Crippen molar-refractivity contribution < 1.29 is 4.74 Å². The van der Waals surface area contributed by atoms with Gasteiger partial charge in [-0.15, -0.1) is 0 Å². The van der Waals surface area contributed by atoms with Crippen molar-refractivity contribution in [2.75, 3.05) is 39.9 Å². The molecule has 0 aromatic rings. The molecule has 1 unspecified atom stereocenters. The largest absolute Gasteiger partial charge is 0.382 e. The molecule has 0 aromatic carbocycles. The number of rotatable bonds is 10. The van der Waals surface area contributed by atoms with Crippen molar-refractivity contribution in [2.24, 2.45) is 5.92 Å². The fourth-order valence-corrected chi connectivity index (χ4v) is 2.87. The lowest BCUT2D eigenvalue weighted by Gasteiger charge is -2.31. The van der Waals surface area contributed by atoms with Gasteiger partial charge in [0.2, 0.25) is 0 Å². The second kappa shape index (κ2) is 10.6. The fourth-order valence-electron chi connectivity index (χ4n) is 2.87. The standard InChI is InChI=1S/C16H34N2O/c1-4-19-12-8-11-17-13-15(2)18(3)14-16-9-6-5-7-10-16/h15-17H,4-14H2,1-3H3. The zero-order valence-electron chi connectivity index (χ0n) is 13.3. The van der Waals surface area contributed by atoms with E-state index in [1.165, 1.54) is 38.6 Å². The molecule has 0 bridgehead atoms. The predicted octanol–water partition coefficient (Wildman–Crippen LogP) is 2.90. The lowest BCUT2D eigenvalue weighted by atomic mass is 9.89. The summed E-state index contributed by atoms with van der Waals surface area (Å²) in [4.78, 5) is 2.53. The monoisotopic (exact) mass is 270 g/mol. The highest BCUT2D eigenvalue weighted by atomic mass is 16.5. The van der Waals surface area contributed by atoms with E-state index in [2.05, 4.69) is 31.1 Å². The topological polar surface area (TPSA) is 24.5 Å². The first-order valence-corrected chi connectivity index (χ1v) is 8.22. The quantitative estimate of drug-likeness (QED) is 0.618. The first kappa shape index (κ1) is 16.9. The second-order valence-corrected chi connectivity index (χ2v) is 6.05. The molecule has 1 aliphatic carbocycles. The Kier molecular flexibility index (Phi) is 9.48. The van der Waals surface area contributed by atoms with Crippen LogP contribution >= 0.6 is 0 Å². The van der Waals surface area contributed by atoms with Crippen LogP contribution < -0.4 is 5.32 Å². The number of ether oxygens (including phenoxy) is 1. The van der Waals surface area contributed by atoms with Crippen LogP contribution in [-0.4, -0.2) is 50.8 Å². The summed E-state index contributed by atoms with van der Waals surface area (Å²) >= 11 is 0. The zero-order valence-corrected chi connectivity index (χ0v) is 13.3. The molecule has 0 aliphatic heterocycles. The molecule has 0 saturated heterocycles. The smallest absolute Gasteiger partial charge is 0.0477 e. The minimum atomic E-state index is 0.633. The molecule has 1 rings (SSSR count). The molecule has 0 heterocycles. The van der Waals surface area contributed by atoms with Crippen molar-refractivity contribution in [3.63, 3.8) is 0 Å². The highest BCUT2D eigenvalue weighted by Gasteiger charge is 2.17. The van der Waals surface area contributed by atoms with Gasteiger partial charge in [-0.3, -0.25) is 0 Å². The van der Waals surface area contributed by atoms with Gasteiger partial charge in [0.1, 0.15) is 0 Å². The van der Waals surface area contributed by atoms with Crippen LogP contribution in [0.25, 0.3) is 0 Å². The Bertz CT molecular complexity index is 205. The van der Waals surface area contributed by atoms with Crippen molar-refractivity contribution in [2.45, 2.75) is 58.4 Å². The summed E-state index contributed by atoms with van der Waals surface area (Å²) < 4.78 is 5.34. The molecule has 3 heteroatoms. The third-order valence-electron chi connectivity index (χ3n) is 4.31. The molecular formula is C16H34N2O. The van der Waals surface area contributed by atoms with Crippen LogP contribution in [0.4, 0.5) is 0 Å². The molecule has 19 heavy (non-hydrogen) atoms. The maximum atomic E-state index is 5.34. The molecule has 1 saturated carbocycles. The summed E-state index contributed by atoms with van der Waals surface area (Å²) in [6, 6.07) is 0.633. The number of nitrogens with one attached hydrogen (secondary N) is 1. The highest BCUT2D eigenvalue weighted by Crippen LogP contribution is 2.24. The minimum Gasteiger partial charge on any atom is -0.382 e. The zero-order chi connectivity index (χ0) is 13.9. The van der Waals surface area contributed by atoms with Gasteiger partial charge in [0, 0.05) is 32.3 Å². The number of likely N-dealkylation sites (N-methyl/N-ethyl adjacent to an activating group) is 1. The molecule has 1 atom stereocenters. The summed E-state index contributed by atoms with van der Waals surface area (Å²) in [5.74, 6) is 0.944. The molecule has 1 N–H and O–H groups in total. The summed E-state index contributed by atoms with van der Waals surface area (Å²) in [5, 5.41) is 3.54. The summed E-state index contributed by atoms with van der Waals surface area (Å²) in [7, 11) is 2.28. The predicted molar refractivity (Wildman–Crippen MR) is 82.6 cm³/mol. The first-order valence-electron chi connectivity index (χ1n) is 8.22. The van der Waals surface area contributed by atoms with E-state index in [0.29, 0.717) is 6.04 Å². The minimum absolute atomic E-state index is 0.633. The summed E-state index contributed by atoms with van der Waals surface area (Å²) in [5.41, 5.74) is 0. The molecule has 0 amide bonds. The molecule has 3 nitrogen and oxygen atoms in total. The first-order chi connectivity index (χ1) is 9.24. The normalized spacial score (nSPS) is 18.9. The van der Waals surface area contributed by atoms with Crippen LogP contribution in [0.1, 0.15) is 52.4 Å². The average molecular weight is 270 g/mol. The Labute approximate surface area is 120 Å². The van der Waals surface area contributed by atoms with Gasteiger partial charge < -0.3 is 15.0 Å². The number of hydrogen-bond acceptors (Lipinski definition) is 3. The van der Waals surface area contributed by atoms with Crippen molar-refractivity contribution in [1.29, 1.82) is 0 Å². The number of nitrogens with zero attached hydrogens (tertiary/aromatic N) is 1. The lowest BCUT2D eigenvalue weighted by Crippen LogP contribution is -2.41. The van der Waals surface area contributed by atoms with Gasteiger partial charge in [-0.1, -0.05) is 19.3 Å². The van der Waals surface area contributed by atoms with E-state index in [4.69, 9.17) is 4.74 Å². The van der Waals surface area contributed by atoms with Crippen molar-refractivity contribution in [3.8, 4) is 0 Å². The van der Waals surface area contributed by atoms with Crippen LogP contribution in [0.3, 0.4) is 0 Å². The molecule has 0 aromatic heterocycles. The molecule has 1 aliphatic rings. The Morgan fingerprint density at radius 1 is 1.26 bits per heavy atom. The van der Waals surface area contributed by atoms with Gasteiger partial charge in [-0.25, -0.2) is 0 Å². The Hall–Kier alpha value is -0.120. The van der Waals surface area contributed by atoms with Gasteiger partial charge in [0.15, 0.2) is 0 Å². The highest BCUT2D eigenvalue weighted by molar-refractivity contribution is 4.73. The van der Waals surface area contributed by atoms with Crippen molar-refractivity contribution >= 4 is 0 Å². The number of hydrogen-bond donors (Lipinski definition) is 1. The van der Waals surface area contributed by atoms with E-state index in [1.54, 1.807) is 0 Å². The van der Waals surface area contributed by atoms with Gasteiger partial charge in [0.25, 0.3) is 0 Å². The van der Waals surface area contributed by atoms with Crippen molar-refractivity contribution in [3.05, 3.63) is 0 Å². The van der Waals surface area contributed by atoms with E-state index in [1.807, 2.05) is 0 Å². The SMILES string of the molecule is CCOCCCNCC(C)N(C)CC1CCCCC1. The maximum absolute atomic E-state index is 5.34. The lowest BCUT2D eigenvalue weighted by molar-refractivity contribution is 0.143. The average Bonchev–Trinajstić information content (AvgIpc) is 2.43. The molecular weight excluding hydrogens is 236 g/mol.